The summed E-state index contributed by atoms with van der Waals surface area (Å²) in [5.74, 6) is 0. The van der Waals surface area contributed by atoms with E-state index in [9.17, 15) is 0 Å². The Labute approximate surface area is 122 Å². The zero-order chi connectivity index (χ0) is 13.8. The average Bonchev–Trinajstić information content (AvgIpc) is 2.86. The number of unbranched alkanes of at least 4 members (excludes halogenated alkanes) is 6. The second-order valence-electron chi connectivity index (χ2n) is 5.14. The topological polar surface area (TPSA) is 37.8 Å². The number of nitrogens with zero attached hydrogens (tertiary/aromatic N) is 2. The van der Waals surface area contributed by atoms with Crippen LogP contribution in [0.5, 0.6) is 0 Å². The van der Waals surface area contributed by atoms with Gasteiger partial charge in [-0.3, -0.25) is 0 Å². The number of hydrogen-bond acceptors (Lipinski definition) is 4. The number of nitrogens with one attached hydrogen (secondary N) is 1. The molecule has 0 unspecified atom stereocenters. The van der Waals surface area contributed by atoms with Crippen molar-refractivity contribution in [3.05, 3.63) is 10.0 Å². The maximum atomic E-state index is 4.27. The lowest BCUT2D eigenvalue weighted by atomic mass is 10.1. The van der Waals surface area contributed by atoms with Crippen LogP contribution in [0.2, 0.25) is 0 Å². The molecule has 1 aromatic rings. The van der Waals surface area contributed by atoms with E-state index in [0.717, 1.165) is 24.5 Å². The van der Waals surface area contributed by atoms with Gasteiger partial charge in [-0.25, -0.2) is 0 Å². The summed E-state index contributed by atoms with van der Waals surface area (Å²) in [7, 11) is 0. The van der Waals surface area contributed by atoms with Gasteiger partial charge in [0.15, 0.2) is 0 Å². The Balaban J connectivity index is 2.03. The Bertz CT molecular complexity index is 312. The van der Waals surface area contributed by atoms with E-state index in [0.29, 0.717) is 0 Å². The first-order valence-corrected chi connectivity index (χ1v) is 8.70. The maximum Gasteiger partial charge on any atom is 0.131 e. The van der Waals surface area contributed by atoms with Crippen LogP contribution in [0.1, 0.15) is 75.2 Å². The van der Waals surface area contributed by atoms with Gasteiger partial charge < -0.3 is 5.32 Å². The Kier molecular flexibility index (Phi) is 9.91. The van der Waals surface area contributed by atoms with Gasteiger partial charge in [0.2, 0.25) is 0 Å². The Morgan fingerprint density at radius 1 is 0.842 bits per heavy atom. The minimum Gasteiger partial charge on any atom is -0.310 e. The molecular weight excluding hydrogens is 254 g/mol. The minimum atomic E-state index is 0.878. The Morgan fingerprint density at radius 2 is 1.53 bits per heavy atom. The lowest BCUT2D eigenvalue weighted by molar-refractivity contribution is 0.588. The summed E-state index contributed by atoms with van der Waals surface area (Å²) in [6, 6.07) is 0. The quantitative estimate of drug-likeness (QED) is 0.580. The molecule has 0 bridgehead atoms. The molecule has 1 N–H and O–H groups in total. The van der Waals surface area contributed by atoms with Gasteiger partial charge in [-0.05, 0) is 19.4 Å². The van der Waals surface area contributed by atoms with Gasteiger partial charge in [-0.15, -0.1) is 21.5 Å². The molecule has 110 valence electrons. The van der Waals surface area contributed by atoms with Crippen LogP contribution in [-0.4, -0.2) is 16.7 Å². The van der Waals surface area contributed by atoms with Crippen LogP contribution < -0.4 is 5.32 Å². The third kappa shape index (κ3) is 8.32. The summed E-state index contributed by atoms with van der Waals surface area (Å²) in [6.45, 7) is 6.39. The third-order valence-corrected chi connectivity index (χ3v) is 4.19. The highest BCUT2D eigenvalue weighted by molar-refractivity contribution is 7.11. The predicted molar refractivity (Wildman–Crippen MR) is 83.6 cm³/mol. The molecule has 0 aliphatic carbocycles. The van der Waals surface area contributed by atoms with E-state index < -0.39 is 0 Å². The van der Waals surface area contributed by atoms with Crippen molar-refractivity contribution < 1.29 is 0 Å². The summed E-state index contributed by atoms with van der Waals surface area (Å²) in [5.41, 5.74) is 0. The van der Waals surface area contributed by atoms with Crippen molar-refractivity contribution in [1.82, 2.24) is 15.5 Å². The monoisotopic (exact) mass is 283 g/mol. The standard InChI is InChI=1S/C15H29N3S/c1-3-5-6-7-8-9-10-11-14-17-18-15(19-14)13-16-12-4-2/h16H,3-13H2,1-2H3. The summed E-state index contributed by atoms with van der Waals surface area (Å²) in [5, 5.41) is 14.2. The molecule has 0 saturated carbocycles. The van der Waals surface area contributed by atoms with Crippen LogP contribution in [0.15, 0.2) is 0 Å². The first kappa shape index (κ1) is 16.6. The second-order valence-corrected chi connectivity index (χ2v) is 6.28. The molecule has 0 saturated heterocycles. The van der Waals surface area contributed by atoms with Crippen LogP contribution in [0.25, 0.3) is 0 Å². The van der Waals surface area contributed by atoms with Crippen LogP contribution in [0.4, 0.5) is 0 Å². The highest BCUT2D eigenvalue weighted by Gasteiger charge is 2.03. The van der Waals surface area contributed by atoms with Crippen molar-refractivity contribution in [2.75, 3.05) is 6.54 Å². The number of hydrogen-bond donors (Lipinski definition) is 1. The number of rotatable bonds is 12. The molecule has 0 aliphatic rings. The molecule has 19 heavy (non-hydrogen) atoms. The van der Waals surface area contributed by atoms with E-state index >= 15 is 0 Å². The minimum absolute atomic E-state index is 0.878. The molecule has 0 radical (unpaired) electrons. The lowest BCUT2D eigenvalue weighted by Crippen LogP contribution is -2.13. The Hall–Kier alpha value is -0.480. The van der Waals surface area contributed by atoms with Gasteiger partial charge in [-0.2, -0.15) is 0 Å². The largest absolute Gasteiger partial charge is 0.310 e. The van der Waals surface area contributed by atoms with Crippen molar-refractivity contribution >= 4 is 11.3 Å². The average molecular weight is 283 g/mol. The van der Waals surface area contributed by atoms with Gasteiger partial charge in [0.25, 0.3) is 0 Å². The van der Waals surface area contributed by atoms with Gasteiger partial charge in [0.05, 0.1) is 0 Å². The van der Waals surface area contributed by atoms with Crippen molar-refractivity contribution in [2.45, 2.75) is 78.2 Å². The first-order valence-electron chi connectivity index (χ1n) is 7.88. The normalized spacial score (nSPS) is 11.1. The molecule has 1 heterocycles. The fraction of sp³-hybridized carbons (Fsp3) is 0.867. The predicted octanol–water partition coefficient (Wildman–Crippen LogP) is 4.33. The van der Waals surface area contributed by atoms with Gasteiger partial charge in [0, 0.05) is 13.0 Å². The molecule has 4 heteroatoms. The van der Waals surface area contributed by atoms with Gasteiger partial charge in [0.1, 0.15) is 10.0 Å². The van der Waals surface area contributed by atoms with Crippen molar-refractivity contribution in [2.24, 2.45) is 0 Å². The van der Waals surface area contributed by atoms with E-state index in [-0.39, 0.29) is 0 Å². The molecule has 0 aliphatic heterocycles. The van der Waals surface area contributed by atoms with Crippen LogP contribution in [-0.2, 0) is 13.0 Å². The molecule has 1 rings (SSSR count). The second kappa shape index (κ2) is 11.4. The smallest absolute Gasteiger partial charge is 0.131 e. The number of aromatic nitrogens is 2. The fourth-order valence-electron chi connectivity index (χ4n) is 2.07. The summed E-state index contributed by atoms with van der Waals surface area (Å²) < 4.78 is 0. The third-order valence-electron chi connectivity index (χ3n) is 3.21. The molecule has 0 aromatic carbocycles. The highest BCUT2D eigenvalue weighted by Crippen LogP contribution is 2.14. The van der Waals surface area contributed by atoms with Crippen molar-refractivity contribution in [1.29, 1.82) is 0 Å². The van der Waals surface area contributed by atoms with E-state index in [4.69, 9.17) is 0 Å². The Morgan fingerprint density at radius 3 is 2.26 bits per heavy atom. The molecule has 0 fully saturated rings. The maximum absolute atomic E-state index is 4.27. The fourth-order valence-corrected chi connectivity index (χ4v) is 2.92. The van der Waals surface area contributed by atoms with Crippen LogP contribution in [0, 0.1) is 0 Å². The molecule has 0 amide bonds. The molecule has 0 spiro atoms. The molecule has 0 atom stereocenters. The van der Waals surface area contributed by atoms with E-state index in [1.54, 1.807) is 11.3 Å². The van der Waals surface area contributed by atoms with E-state index in [1.807, 2.05) is 0 Å². The molecular formula is C15H29N3S. The number of aryl methyl sites for hydroxylation is 1. The van der Waals surface area contributed by atoms with E-state index in [1.165, 1.54) is 56.4 Å². The first-order chi connectivity index (χ1) is 9.36. The zero-order valence-corrected chi connectivity index (χ0v) is 13.4. The summed E-state index contributed by atoms with van der Waals surface area (Å²) in [6.07, 6.45) is 11.8. The van der Waals surface area contributed by atoms with Gasteiger partial charge >= 0.3 is 0 Å². The van der Waals surface area contributed by atoms with Crippen LogP contribution in [0.3, 0.4) is 0 Å². The van der Waals surface area contributed by atoms with Crippen molar-refractivity contribution in [3.8, 4) is 0 Å². The zero-order valence-electron chi connectivity index (χ0n) is 12.6. The SMILES string of the molecule is CCCCCCCCCc1nnc(CNCCC)s1. The highest BCUT2D eigenvalue weighted by atomic mass is 32.1. The molecule has 1 aromatic heterocycles. The lowest BCUT2D eigenvalue weighted by Gasteiger charge is -1.99. The summed E-state index contributed by atoms with van der Waals surface area (Å²) >= 11 is 1.77. The van der Waals surface area contributed by atoms with Crippen LogP contribution >= 0.6 is 11.3 Å². The van der Waals surface area contributed by atoms with E-state index in [2.05, 4.69) is 29.4 Å². The van der Waals surface area contributed by atoms with Crippen molar-refractivity contribution in [3.63, 3.8) is 0 Å². The van der Waals surface area contributed by atoms with Gasteiger partial charge in [-0.1, -0.05) is 52.4 Å². The summed E-state index contributed by atoms with van der Waals surface area (Å²) in [4.78, 5) is 0. The molecule has 3 nitrogen and oxygen atoms in total.